The molecule has 0 saturated carbocycles. The third-order valence-corrected chi connectivity index (χ3v) is 6.05. The first-order valence-electron chi connectivity index (χ1n) is 9.59. The summed E-state index contributed by atoms with van der Waals surface area (Å²) in [5.74, 6) is 0.0122. The molecule has 1 aromatic heterocycles. The lowest BCUT2D eigenvalue weighted by atomic mass is 10.2. The highest BCUT2D eigenvalue weighted by Crippen LogP contribution is 2.29. The maximum absolute atomic E-state index is 13.3. The Hall–Kier alpha value is -2.46. The first-order valence-corrected chi connectivity index (χ1v) is 10.5. The van der Waals surface area contributed by atoms with Crippen LogP contribution in [0.15, 0.2) is 29.4 Å². The number of hydrogen-bond acceptors (Lipinski definition) is 6. The van der Waals surface area contributed by atoms with Gasteiger partial charge in [0.25, 0.3) is 0 Å². The molecule has 1 N–H and O–H groups in total. The summed E-state index contributed by atoms with van der Waals surface area (Å²) in [6, 6.07) is 5.71. The largest absolute Gasteiger partial charge is 0.376 e. The lowest BCUT2D eigenvalue weighted by Gasteiger charge is -2.19. The van der Waals surface area contributed by atoms with Crippen molar-refractivity contribution < 1.29 is 18.7 Å². The minimum Gasteiger partial charge on any atom is -0.376 e. The Balaban J connectivity index is 1.59. The van der Waals surface area contributed by atoms with Gasteiger partial charge in [0.1, 0.15) is 5.82 Å². The number of urea groups is 1. The van der Waals surface area contributed by atoms with Gasteiger partial charge in [-0.25, -0.2) is 9.18 Å². The molecule has 0 radical (unpaired) electrons. The van der Waals surface area contributed by atoms with Gasteiger partial charge < -0.3 is 10.1 Å². The Morgan fingerprint density at radius 3 is 2.83 bits per heavy atom. The maximum Gasteiger partial charge on any atom is 0.324 e. The summed E-state index contributed by atoms with van der Waals surface area (Å²) in [6.45, 7) is 3.85. The van der Waals surface area contributed by atoms with E-state index in [2.05, 4.69) is 15.5 Å². The van der Waals surface area contributed by atoms with E-state index in [1.54, 1.807) is 19.1 Å². The summed E-state index contributed by atoms with van der Waals surface area (Å²) in [5, 5.41) is 11.3. The SMILES string of the molecule is C[C@H](Sc1nnc(-c2ccc(F)cc2)n1C[C@@H]1CCCO1)C(=O)N1CCNC1=O. The van der Waals surface area contributed by atoms with Crippen molar-refractivity contribution >= 4 is 23.7 Å². The van der Waals surface area contributed by atoms with Gasteiger partial charge in [-0.3, -0.25) is 14.3 Å². The van der Waals surface area contributed by atoms with E-state index >= 15 is 0 Å². The van der Waals surface area contributed by atoms with Crippen molar-refractivity contribution in [3.05, 3.63) is 30.1 Å². The number of benzene rings is 1. The number of halogens is 1. The molecule has 154 valence electrons. The van der Waals surface area contributed by atoms with Crippen molar-refractivity contribution in [3.8, 4) is 11.4 Å². The Kier molecular flexibility index (Phi) is 5.81. The Morgan fingerprint density at radius 2 is 2.17 bits per heavy atom. The zero-order chi connectivity index (χ0) is 20.4. The minimum atomic E-state index is -0.507. The molecule has 3 amide bonds. The molecule has 2 atom stereocenters. The molecule has 1 aromatic carbocycles. The summed E-state index contributed by atoms with van der Waals surface area (Å²) >= 11 is 1.26. The summed E-state index contributed by atoms with van der Waals surface area (Å²) in [7, 11) is 0. The molecule has 10 heteroatoms. The molecule has 0 spiro atoms. The van der Waals surface area contributed by atoms with E-state index < -0.39 is 5.25 Å². The van der Waals surface area contributed by atoms with E-state index in [0.29, 0.717) is 30.6 Å². The number of amides is 3. The number of rotatable bonds is 6. The van der Waals surface area contributed by atoms with Crippen LogP contribution in [0.3, 0.4) is 0 Å². The lowest BCUT2D eigenvalue weighted by Crippen LogP contribution is -2.39. The highest BCUT2D eigenvalue weighted by atomic mass is 32.2. The number of carbonyl (C=O) groups is 2. The minimum absolute atomic E-state index is 0.0416. The van der Waals surface area contributed by atoms with E-state index in [1.165, 1.54) is 28.8 Å². The van der Waals surface area contributed by atoms with Crippen molar-refractivity contribution in [1.82, 2.24) is 25.0 Å². The molecule has 3 heterocycles. The molecule has 2 aliphatic heterocycles. The number of imide groups is 1. The number of aromatic nitrogens is 3. The highest BCUT2D eigenvalue weighted by Gasteiger charge is 2.32. The van der Waals surface area contributed by atoms with E-state index in [0.717, 1.165) is 25.0 Å². The fraction of sp³-hybridized carbons (Fsp3) is 0.474. The Morgan fingerprint density at radius 1 is 1.38 bits per heavy atom. The van der Waals surface area contributed by atoms with Crippen molar-refractivity contribution in [2.24, 2.45) is 0 Å². The van der Waals surface area contributed by atoms with Crippen LogP contribution in [0.5, 0.6) is 0 Å². The van der Waals surface area contributed by atoms with E-state index in [4.69, 9.17) is 4.74 Å². The second-order valence-corrected chi connectivity index (χ2v) is 8.35. The fourth-order valence-electron chi connectivity index (χ4n) is 3.45. The van der Waals surface area contributed by atoms with Gasteiger partial charge in [-0.15, -0.1) is 10.2 Å². The van der Waals surface area contributed by atoms with E-state index in [1.807, 2.05) is 4.57 Å². The fourth-order valence-corrected chi connectivity index (χ4v) is 4.38. The molecule has 0 aliphatic carbocycles. The quantitative estimate of drug-likeness (QED) is 0.723. The van der Waals surface area contributed by atoms with Crippen LogP contribution in [0.4, 0.5) is 9.18 Å². The lowest BCUT2D eigenvalue weighted by molar-refractivity contribution is -0.126. The van der Waals surface area contributed by atoms with Gasteiger partial charge in [0.2, 0.25) is 5.91 Å². The number of ether oxygens (including phenoxy) is 1. The maximum atomic E-state index is 13.3. The third kappa shape index (κ3) is 4.27. The molecular weight excluding hydrogens is 397 g/mol. The average Bonchev–Trinajstić information content (AvgIpc) is 3.45. The summed E-state index contributed by atoms with van der Waals surface area (Å²) in [4.78, 5) is 25.7. The molecule has 0 unspecified atom stereocenters. The van der Waals surface area contributed by atoms with Crippen LogP contribution in [0.25, 0.3) is 11.4 Å². The van der Waals surface area contributed by atoms with Crippen LogP contribution in [-0.2, 0) is 16.1 Å². The second-order valence-electron chi connectivity index (χ2n) is 7.04. The number of nitrogens with one attached hydrogen (secondary N) is 1. The van der Waals surface area contributed by atoms with Crippen LogP contribution < -0.4 is 5.32 Å². The summed E-state index contributed by atoms with van der Waals surface area (Å²) in [5.41, 5.74) is 0.738. The predicted octanol–water partition coefficient (Wildman–Crippen LogP) is 2.30. The van der Waals surface area contributed by atoms with Gasteiger partial charge in [-0.2, -0.15) is 0 Å². The molecule has 2 saturated heterocycles. The van der Waals surface area contributed by atoms with Crippen molar-refractivity contribution in [3.63, 3.8) is 0 Å². The number of nitrogens with zero attached hydrogens (tertiary/aromatic N) is 4. The van der Waals surface area contributed by atoms with Gasteiger partial charge in [0.05, 0.1) is 17.9 Å². The second kappa shape index (κ2) is 8.50. The molecule has 8 nitrogen and oxygen atoms in total. The van der Waals surface area contributed by atoms with Crippen molar-refractivity contribution in [1.29, 1.82) is 0 Å². The normalized spacial score (nSPS) is 20.1. The molecule has 29 heavy (non-hydrogen) atoms. The van der Waals surface area contributed by atoms with Gasteiger partial charge in [-0.1, -0.05) is 11.8 Å². The number of thioether (sulfide) groups is 1. The topological polar surface area (TPSA) is 89.3 Å². The monoisotopic (exact) mass is 419 g/mol. The zero-order valence-electron chi connectivity index (χ0n) is 16.0. The van der Waals surface area contributed by atoms with Crippen LogP contribution in [-0.4, -0.2) is 62.7 Å². The summed E-state index contributed by atoms with van der Waals surface area (Å²) < 4.78 is 21.0. The zero-order valence-corrected chi connectivity index (χ0v) is 16.8. The van der Waals surface area contributed by atoms with Crippen LogP contribution in [0.1, 0.15) is 19.8 Å². The molecule has 2 fully saturated rings. The standard InChI is InChI=1S/C19H22FN5O3S/c1-12(17(26)24-9-8-21-18(24)27)29-19-23-22-16(13-4-6-14(20)7-5-13)25(19)11-15-3-2-10-28-15/h4-7,12,15H,2-3,8-11H2,1H3,(H,21,27)/t12-,15-/m0/s1. The smallest absolute Gasteiger partial charge is 0.324 e. The molecule has 4 rings (SSSR count). The molecule has 2 aliphatic rings. The van der Waals surface area contributed by atoms with Crippen molar-refractivity contribution in [2.45, 2.75) is 42.8 Å². The first kappa shape index (κ1) is 19.8. The van der Waals surface area contributed by atoms with Crippen molar-refractivity contribution in [2.75, 3.05) is 19.7 Å². The molecule has 0 bridgehead atoms. The highest BCUT2D eigenvalue weighted by molar-refractivity contribution is 8.00. The third-order valence-electron chi connectivity index (χ3n) is 4.98. The van der Waals surface area contributed by atoms with Crippen LogP contribution >= 0.6 is 11.8 Å². The van der Waals surface area contributed by atoms with Gasteiger partial charge >= 0.3 is 6.03 Å². The average molecular weight is 419 g/mol. The van der Waals surface area contributed by atoms with Crippen LogP contribution in [0.2, 0.25) is 0 Å². The van der Waals surface area contributed by atoms with Crippen LogP contribution in [0, 0.1) is 5.82 Å². The Labute approximate surface area is 171 Å². The van der Waals surface area contributed by atoms with E-state index in [-0.39, 0.29) is 23.9 Å². The Bertz CT molecular complexity index is 898. The van der Waals surface area contributed by atoms with E-state index in [9.17, 15) is 14.0 Å². The van der Waals surface area contributed by atoms with Gasteiger partial charge in [0, 0.05) is 25.3 Å². The first-order chi connectivity index (χ1) is 14.0. The summed E-state index contributed by atoms with van der Waals surface area (Å²) in [6.07, 6.45) is 1.98. The molecular formula is C19H22FN5O3S. The van der Waals surface area contributed by atoms with Gasteiger partial charge in [0.15, 0.2) is 11.0 Å². The van der Waals surface area contributed by atoms with Gasteiger partial charge in [-0.05, 0) is 44.0 Å². The number of hydrogen-bond donors (Lipinski definition) is 1. The number of carbonyl (C=O) groups excluding carboxylic acids is 2. The molecule has 2 aromatic rings. The predicted molar refractivity (Wildman–Crippen MR) is 105 cm³/mol.